The van der Waals surface area contributed by atoms with E-state index in [1.807, 2.05) is 54.6 Å². The highest BCUT2D eigenvalue weighted by Crippen LogP contribution is 2.28. The highest BCUT2D eigenvalue weighted by atomic mass is 16.3. The van der Waals surface area contributed by atoms with Crippen LogP contribution in [0.3, 0.4) is 0 Å². The summed E-state index contributed by atoms with van der Waals surface area (Å²) in [5.41, 5.74) is 2.96. The fourth-order valence-electron chi connectivity index (χ4n) is 3.12. The van der Waals surface area contributed by atoms with E-state index >= 15 is 0 Å². The number of rotatable bonds is 6. The summed E-state index contributed by atoms with van der Waals surface area (Å²) in [5, 5.41) is 10.6. The first-order chi connectivity index (χ1) is 13.3. The summed E-state index contributed by atoms with van der Waals surface area (Å²) in [7, 11) is 0. The zero-order valence-electron chi connectivity index (χ0n) is 14.9. The van der Waals surface area contributed by atoms with Gasteiger partial charge in [0.25, 0.3) is 0 Å². The van der Waals surface area contributed by atoms with E-state index in [1.165, 1.54) is 5.56 Å². The number of pyridine rings is 1. The Morgan fingerprint density at radius 2 is 1.56 bits per heavy atom. The molecule has 0 radical (unpaired) electrons. The largest absolute Gasteiger partial charge is 0.395 e. The second kappa shape index (κ2) is 7.93. The third-order valence-corrected chi connectivity index (χ3v) is 4.41. The molecule has 4 aromatic rings. The van der Waals surface area contributed by atoms with Crippen molar-refractivity contribution in [1.29, 1.82) is 0 Å². The SMILES string of the molecule is OCCN(Cc1ccccc1)c1nc(-c2ccncc2)nc2ccccc12. The fourth-order valence-corrected chi connectivity index (χ4v) is 3.12. The van der Waals surface area contributed by atoms with Gasteiger partial charge in [-0.25, -0.2) is 9.97 Å². The van der Waals surface area contributed by atoms with Gasteiger partial charge in [-0.1, -0.05) is 42.5 Å². The second-order valence-corrected chi connectivity index (χ2v) is 6.25. The van der Waals surface area contributed by atoms with Crippen LogP contribution >= 0.6 is 0 Å². The highest BCUT2D eigenvalue weighted by Gasteiger charge is 2.15. The van der Waals surface area contributed by atoms with Crippen LogP contribution in [0, 0.1) is 0 Å². The Kier molecular flexibility index (Phi) is 5.03. The monoisotopic (exact) mass is 356 g/mol. The molecule has 0 saturated carbocycles. The van der Waals surface area contributed by atoms with Gasteiger partial charge in [-0.05, 0) is 29.8 Å². The Morgan fingerprint density at radius 3 is 2.33 bits per heavy atom. The van der Waals surface area contributed by atoms with Gasteiger partial charge in [-0.2, -0.15) is 0 Å². The zero-order valence-corrected chi connectivity index (χ0v) is 14.9. The normalized spacial score (nSPS) is 10.9. The van der Waals surface area contributed by atoms with E-state index in [-0.39, 0.29) is 6.61 Å². The summed E-state index contributed by atoms with van der Waals surface area (Å²) in [4.78, 5) is 15.8. The first kappa shape index (κ1) is 17.1. The molecule has 1 N–H and O–H groups in total. The van der Waals surface area contributed by atoms with Crippen LogP contribution in [0.15, 0.2) is 79.1 Å². The summed E-state index contributed by atoms with van der Waals surface area (Å²) in [5.74, 6) is 1.48. The molecule has 27 heavy (non-hydrogen) atoms. The van der Waals surface area contributed by atoms with Crippen LogP contribution in [-0.2, 0) is 6.54 Å². The van der Waals surface area contributed by atoms with E-state index < -0.39 is 0 Å². The molecule has 0 amide bonds. The lowest BCUT2D eigenvalue weighted by molar-refractivity contribution is 0.301. The van der Waals surface area contributed by atoms with Gasteiger partial charge in [0.1, 0.15) is 5.82 Å². The molecule has 4 rings (SSSR count). The lowest BCUT2D eigenvalue weighted by Gasteiger charge is -2.25. The maximum absolute atomic E-state index is 9.64. The van der Waals surface area contributed by atoms with Gasteiger partial charge in [-0.3, -0.25) is 4.98 Å². The van der Waals surface area contributed by atoms with Gasteiger partial charge in [0, 0.05) is 36.4 Å². The molecular weight excluding hydrogens is 336 g/mol. The quantitative estimate of drug-likeness (QED) is 0.571. The maximum Gasteiger partial charge on any atom is 0.162 e. The number of anilines is 1. The van der Waals surface area contributed by atoms with E-state index in [1.54, 1.807) is 12.4 Å². The smallest absolute Gasteiger partial charge is 0.162 e. The average molecular weight is 356 g/mol. The minimum Gasteiger partial charge on any atom is -0.395 e. The summed E-state index contributed by atoms with van der Waals surface area (Å²) in [6.45, 7) is 1.21. The molecule has 0 atom stereocenters. The van der Waals surface area contributed by atoms with E-state index in [2.05, 4.69) is 22.0 Å². The van der Waals surface area contributed by atoms with Gasteiger partial charge >= 0.3 is 0 Å². The summed E-state index contributed by atoms with van der Waals surface area (Å²) < 4.78 is 0. The van der Waals surface area contributed by atoms with Crippen molar-refractivity contribution in [3.05, 3.63) is 84.7 Å². The molecule has 2 aromatic carbocycles. The van der Waals surface area contributed by atoms with Crippen LogP contribution in [0.5, 0.6) is 0 Å². The first-order valence-electron chi connectivity index (χ1n) is 8.92. The second-order valence-electron chi connectivity index (χ2n) is 6.25. The Bertz CT molecular complexity index is 1020. The Hall–Kier alpha value is -3.31. The van der Waals surface area contributed by atoms with Crippen molar-refractivity contribution in [2.24, 2.45) is 0 Å². The number of hydrogen-bond acceptors (Lipinski definition) is 5. The number of fused-ring (bicyclic) bond motifs is 1. The maximum atomic E-state index is 9.64. The van der Waals surface area contributed by atoms with Crippen molar-refractivity contribution >= 4 is 16.7 Å². The van der Waals surface area contributed by atoms with E-state index in [0.717, 1.165) is 22.3 Å². The van der Waals surface area contributed by atoms with Crippen molar-refractivity contribution in [3.8, 4) is 11.4 Å². The van der Waals surface area contributed by atoms with Gasteiger partial charge in [0.15, 0.2) is 5.82 Å². The molecule has 0 saturated heterocycles. The zero-order chi connectivity index (χ0) is 18.5. The van der Waals surface area contributed by atoms with Crippen LogP contribution < -0.4 is 4.90 Å². The van der Waals surface area contributed by atoms with Crippen LogP contribution in [-0.4, -0.2) is 33.2 Å². The third-order valence-electron chi connectivity index (χ3n) is 4.41. The molecule has 5 nitrogen and oxygen atoms in total. The predicted octanol–water partition coefficient (Wildman–Crippen LogP) is 3.69. The topological polar surface area (TPSA) is 62.1 Å². The number of hydrogen-bond donors (Lipinski definition) is 1. The molecule has 0 fully saturated rings. The molecule has 0 aliphatic rings. The lowest BCUT2D eigenvalue weighted by atomic mass is 10.1. The molecule has 0 spiro atoms. The lowest BCUT2D eigenvalue weighted by Crippen LogP contribution is -2.27. The number of aliphatic hydroxyl groups is 1. The Morgan fingerprint density at radius 1 is 0.815 bits per heavy atom. The fraction of sp³-hybridized carbons (Fsp3) is 0.136. The molecule has 0 unspecified atom stereocenters. The average Bonchev–Trinajstić information content (AvgIpc) is 2.74. The third kappa shape index (κ3) is 3.78. The molecule has 2 heterocycles. The summed E-state index contributed by atoms with van der Waals surface area (Å²) in [6, 6.07) is 22.0. The van der Waals surface area contributed by atoms with E-state index in [9.17, 15) is 5.11 Å². The van der Waals surface area contributed by atoms with Gasteiger partial charge in [0.2, 0.25) is 0 Å². The predicted molar refractivity (Wildman–Crippen MR) is 107 cm³/mol. The number of aliphatic hydroxyl groups excluding tert-OH is 1. The molecule has 5 heteroatoms. The minimum absolute atomic E-state index is 0.0513. The van der Waals surface area contributed by atoms with Crippen LogP contribution in [0.4, 0.5) is 5.82 Å². The molecular formula is C22H20N4O. The molecule has 2 aromatic heterocycles. The van der Waals surface area contributed by atoms with Crippen LogP contribution in [0.1, 0.15) is 5.56 Å². The Labute approximate surface area is 158 Å². The Balaban J connectivity index is 1.84. The molecule has 0 aliphatic heterocycles. The van der Waals surface area contributed by atoms with Crippen molar-refractivity contribution < 1.29 is 5.11 Å². The number of para-hydroxylation sites is 1. The van der Waals surface area contributed by atoms with Crippen molar-refractivity contribution in [2.45, 2.75) is 6.54 Å². The minimum atomic E-state index is 0.0513. The van der Waals surface area contributed by atoms with Crippen molar-refractivity contribution in [3.63, 3.8) is 0 Å². The summed E-state index contributed by atoms with van der Waals surface area (Å²) >= 11 is 0. The standard InChI is InChI=1S/C22H20N4O/c27-15-14-26(16-17-6-2-1-3-7-17)22-19-8-4-5-9-20(19)24-21(25-22)18-10-12-23-13-11-18/h1-13,27H,14-16H2. The molecule has 0 bridgehead atoms. The first-order valence-corrected chi connectivity index (χ1v) is 8.92. The van der Waals surface area contributed by atoms with Gasteiger partial charge < -0.3 is 10.0 Å². The number of aromatic nitrogens is 3. The highest BCUT2D eigenvalue weighted by molar-refractivity contribution is 5.91. The molecule has 0 aliphatic carbocycles. The van der Waals surface area contributed by atoms with Gasteiger partial charge in [0.05, 0.1) is 12.1 Å². The molecule has 134 valence electrons. The van der Waals surface area contributed by atoms with Gasteiger partial charge in [-0.15, -0.1) is 0 Å². The van der Waals surface area contributed by atoms with Crippen LogP contribution in [0.2, 0.25) is 0 Å². The van der Waals surface area contributed by atoms with Crippen LogP contribution in [0.25, 0.3) is 22.3 Å². The summed E-state index contributed by atoms with van der Waals surface area (Å²) in [6.07, 6.45) is 3.48. The number of benzene rings is 2. The van der Waals surface area contributed by atoms with Crippen molar-refractivity contribution in [2.75, 3.05) is 18.1 Å². The number of nitrogens with zero attached hydrogens (tertiary/aromatic N) is 4. The van der Waals surface area contributed by atoms with Crippen molar-refractivity contribution in [1.82, 2.24) is 15.0 Å². The van der Waals surface area contributed by atoms with E-state index in [0.29, 0.717) is 18.9 Å². The van der Waals surface area contributed by atoms with E-state index in [4.69, 9.17) is 9.97 Å².